The minimum Gasteiger partial charge on any atom is -0.325 e. The van der Waals surface area contributed by atoms with Crippen molar-refractivity contribution in [3.63, 3.8) is 0 Å². The Labute approximate surface area is 158 Å². The van der Waals surface area contributed by atoms with E-state index in [0.717, 1.165) is 11.6 Å². The van der Waals surface area contributed by atoms with Crippen LogP contribution < -0.4 is 4.72 Å². The van der Waals surface area contributed by atoms with Crippen LogP contribution >= 0.6 is 15.9 Å². The number of benzene rings is 2. The summed E-state index contributed by atoms with van der Waals surface area (Å²) in [7, 11) is -4.16. The zero-order chi connectivity index (χ0) is 18.9. The molecule has 132 valence electrons. The smallest absolute Gasteiger partial charge is 0.264 e. The zero-order valence-corrected chi connectivity index (χ0v) is 15.7. The number of rotatable bonds is 4. The molecule has 0 radical (unpaired) electrons. The van der Waals surface area contributed by atoms with E-state index in [-0.39, 0.29) is 29.5 Å². The Morgan fingerprint density at radius 1 is 1.27 bits per heavy atom. The highest BCUT2D eigenvalue weighted by Crippen LogP contribution is 2.22. The quantitative estimate of drug-likeness (QED) is 0.790. The number of hydrogen-bond donors (Lipinski definition) is 1. The van der Waals surface area contributed by atoms with Crippen LogP contribution in [0.3, 0.4) is 0 Å². The molecule has 0 atom stereocenters. The van der Waals surface area contributed by atoms with Crippen molar-refractivity contribution in [2.24, 2.45) is 0 Å². The highest BCUT2D eigenvalue weighted by atomic mass is 79.9. The van der Waals surface area contributed by atoms with Gasteiger partial charge in [-0.25, -0.2) is 13.1 Å². The second-order valence-electron chi connectivity index (χ2n) is 5.63. The molecular formula is C17H12BrN3O4S. The largest absolute Gasteiger partial charge is 0.325 e. The lowest BCUT2D eigenvalue weighted by Crippen LogP contribution is -2.40. The lowest BCUT2D eigenvalue weighted by molar-refractivity contribution is -0.120. The maximum absolute atomic E-state index is 12.4. The van der Waals surface area contributed by atoms with Gasteiger partial charge in [-0.1, -0.05) is 34.1 Å². The Balaban J connectivity index is 1.74. The van der Waals surface area contributed by atoms with Gasteiger partial charge in [-0.3, -0.25) is 9.59 Å². The van der Waals surface area contributed by atoms with Gasteiger partial charge in [0.1, 0.15) is 6.54 Å². The first-order chi connectivity index (χ1) is 12.3. The van der Waals surface area contributed by atoms with Gasteiger partial charge >= 0.3 is 0 Å². The van der Waals surface area contributed by atoms with Gasteiger partial charge in [0, 0.05) is 16.6 Å². The summed E-state index contributed by atoms with van der Waals surface area (Å²) in [5, 5.41) is 8.94. The predicted molar refractivity (Wildman–Crippen MR) is 95.4 cm³/mol. The van der Waals surface area contributed by atoms with Gasteiger partial charge in [0.25, 0.3) is 21.8 Å². The first-order valence-electron chi connectivity index (χ1n) is 7.43. The molecule has 2 amide bonds. The van der Waals surface area contributed by atoms with Gasteiger partial charge in [-0.2, -0.15) is 5.26 Å². The average Bonchev–Trinajstić information content (AvgIpc) is 2.90. The molecule has 1 N–H and O–H groups in total. The van der Waals surface area contributed by atoms with Crippen LogP contribution in [0, 0.1) is 11.3 Å². The van der Waals surface area contributed by atoms with E-state index in [1.165, 1.54) is 17.0 Å². The van der Waals surface area contributed by atoms with Crippen molar-refractivity contribution >= 4 is 37.8 Å². The molecule has 9 heteroatoms. The Morgan fingerprint density at radius 2 is 2.00 bits per heavy atom. The summed E-state index contributed by atoms with van der Waals surface area (Å²) in [5.74, 6) is -1.15. The van der Waals surface area contributed by atoms with E-state index in [9.17, 15) is 18.0 Å². The minimum atomic E-state index is -4.16. The lowest BCUT2D eigenvalue weighted by Gasteiger charge is -2.15. The third-order valence-corrected chi connectivity index (χ3v) is 5.60. The van der Waals surface area contributed by atoms with E-state index in [2.05, 4.69) is 15.9 Å². The van der Waals surface area contributed by atoms with Crippen molar-refractivity contribution in [3.05, 3.63) is 63.6 Å². The van der Waals surface area contributed by atoms with Crippen molar-refractivity contribution in [1.29, 1.82) is 5.26 Å². The van der Waals surface area contributed by atoms with Crippen molar-refractivity contribution in [2.75, 3.05) is 6.54 Å². The number of carbonyl (C=O) groups is 2. The molecule has 0 unspecified atom stereocenters. The lowest BCUT2D eigenvalue weighted by atomic mass is 10.1. The monoisotopic (exact) mass is 433 g/mol. The van der Waals surface area contributed by atoms with E-state index < -0.39 is 15.9 Å². The number of carbonyl (C=O) groups excluding carboxylic acids is 2. The number of nitrogens with zero attached hydrogens (tertiary/aromatic N) is 2. The molecule has 2 aromatic rings. The third-order valence-electron chi connectivity index (χ3n) is 3.79. The topological polar surface area (TPSA) is 107 Å². The average molecular weight is 434 g/mol. The normalized spacial score (nSPS) is 13.2. The van der Waals surface area contributed by atoms with Crippen LogP contribution in [0.2, 0.25) is 0 Å². The van der Waals surface area contributed by atoms with Crippen LogP contribution in [0.5, 0.6) is 0 Å². The van der Waals surface area contributed by atoms with Gasteiger partial charge in [0.2, 0.25) is 0 Å². The van der Waals surface area contributed by atoms with Crippen LogP contribution in [0.1, 0.15) is 21.5 Å². The molecule has 0 saturated heterocycles. The number of amides is 2. The summed E-state index contributed by atoms with van der Waals surface area (Å²) in [6.07, 6.45) is 0. The highest BCUT2D eigenvalue weighted by molar-refractivity contribution is 9.10. The summed E-state index contributed by atoms with van der Waals surface area (Å²) >= 11 is 3.13. The number of hydrogen-bond acceptors (Lipinski definition) is 5. The summed E-state index contributed by atoms with van der Waals surface area (Å²) in [4.78, 5) is 25.5. The Hall–Kier alpha value is -2.70. The van der Waals surface area contributed by atoms with Crippen LogP contribution in [-0.4, -0.2) is 31.7 Å². The first-order valence-corrected chi connectivity index (χ1v) is 9.71. The van der Waals surface area contributed by atoms with Crippen molar-refractivity contribution < 1.29 is 18.0 Å². The molecular weight excluding hydrogens is 422 g/mol. The van der Waals surface area contributed by atoms with E-state index in [1.54, 1.807) is 24.3 Å². The predicted octanol–water partition coefficient (Wildman–Crippen LogP) is 1.78. The minimum absolute atomic E-state index is 0.136. The van der Waals surface area contributed by atoms with E-state index in [4.69, 9.17) is 5.26 Å². The molecule has 1 aliphatic rings. The number of fused-ring (bicyclic) bond motifs is 1. The Morgan fingerprint density at radius 3 is 2.69 bits per heavy atom. The fourth-order valence-electron chi connectivity index (χ4n) is 2.64. The van der Waals surface area contributed by atoms with Crippen LogP contribution in [0.4, 0.5) is 0 Å². The second-order valence-corrected chi connectivity index (χ2v) is 8.23. The standard InChI is InChI=1S/C17H12BrN3O4S/c18-13-5-11(8-19)6-14(7-13)26(24,25)20-16(22)10-21-9-12-3-1-2-4-15(12)17(21)23/h1-7H,9-10H2,(H,20,22). The maximum atomic E-state index is 12.4. The van der Waals surface area contributed by atoms with Crippen LogP contribution in [-0.2, 0) is 21.4 Å². The summed E-state index contributed by atoms with van der Waals surface area (Å²) in [6, 6.07) is 12.7. The molecule has 26 heavy (non-hydrogen) atoms. The van der Waals surface area contributed by atoms with Crippen molar-refractivity contribution in [1.82, 2.24) is 9.62 Å². The van der Waals surface area contributed by atoms with Gasteiger partial charge in [-0.15, -0.1) is 0 Å². The highest BCUT2D eigenvalue weighted by Gasteiger charge is 2.29. The van der Waals surface area contributed by atoms with Crippen molar-refractivity contribution in [2.45, 2.75) is 11.4 Å². The maximum Gasteiger partial charge on any atom is 0.264 e. The number of sulfonamides is 1. The van der Waals surface area contributed by atoms with Crippen LogP contribution in [0.15, 0.2) is 51.8 Å². The first kappa shape index (κ1) is 18.1. The molecule has 2 aromatic carbocycles. The molecule has 1 heterocycles. The zero-order valence-electron chi connectivity index (χ0n) is 13.3. The van der Waals surface area contributed by atoms with Gasteiger partial charge in [0.15, 0.2) is 0 Å². The Kier molecular flexibility index (Phi) is 4.80. The molecule has 1 aliphatic heterocycles. The second kappa shape index (κ2) is 6.90. The van der Waals surface area contributed by atoms with E-state index >= 15 is 0 Å². The van der Waals surface area contributed by atoms with Gasteiger partial charge < -0.3 is 4.90 Å². The molecule has 0 aromatic heterocycles. The summed E-state index contributed by atoms with van der Waals surface area (Å²) < 4.78 is 27.1. The molecule has 3 rings (SSSR count). The molecule has 7 nitrogen and oxygen atoms in total. The summed E-state index contributed by atoms with van der Waals surface area (Å²) in [5.41, 5.74) is 1.44. The molecule has 0 bridgehead atoms. The van der Waals surface area contributed by atoms with Gasteiger partial charge in [-0.05, 0) is 29.8 Å². The third kappa shape index (κ3) is 3.61. The number of nitriles is 1. The number of nitrogens with one attached hydrogen (secondary N) is 1. The SMILES string of the molecule is N#Cc1cc(Br)cc(S(=O)(=O)NC(=O)CN2Cc3ccccc3C2=O)c1. The van der Waals surface area contributed by atoms with Crippen molar-refractivity contribution in [3.8, 4) is 6.07 Å². The number of halogens is 1. The van der Waals surface area contributed by atoms with Gasteiger partial charge in [0.05, 0.1) is 16.5 Å². The summed E-state index contributed by atoms with van der Waals surface area (Å²) in [6.45, 7) is -0.135. The van der Waals surface area contributed by atoms with E-state index in [1.807, 2.05) is 10.8 Å². The molecule has 0 fully saturated rings. The molecule has 0 saturated carbocycles. The fourth-order valence-corrected chi connectivity index (χ4v) is 4.33. The molecule has 0 spiro atoms. The fraction of sp³-hybridized carbons (Fsp3) is 0.118. The molecule has 0 aliphatic carbocycles. The van der Waals surface area contributed by atoms with E-state index in [0.29, 0.717) is 10.0 Å². The van der Waals surface area contributed by atoms with Crippen LogP contribution in [0.25, 0.3) is 0 Å². The Bertz CT molecular complexity index is 1060.